The molecule has 2 aromatic heterocycles. The Kier molecular flexibility index (Phi) is 4.50. The lowest BCUT2D eigenvalue weighted by molar-refractivity contribution is 0.0408. The Bertz CT molecular complexity index is 641. The van der Waals surface area contributed by atoms with Crippen molar-refractivity contribution in [2.75, 3.05) is 20.3 Å². The lowest BCUT2D eigenvalue weighted by Gasteiger charge is -2.31. The molecule has 0 radical (unpaired) electrons. The monoisotopic (exact) mass is 301 g/mol. The van der Waals surface area contributed by atoms with Crippen LogP contribution >= 0.6 is 0 Å². The molecule has 0 spiro atoms. The first-order chi connectivity index (χ1) is 10.6. The van der Waals surface area contributed by atoms with Crippen LogP contribution in [0, 0.1) is 0 Å². The molecule has 120 valence electrons. The van der Waals surface area contributed by atoms with E-state index in [1.54, 1.807) is 0 Å². The van der Waals surface area contributed by atoms with Gasteiger partial charge in [0.2, 0.25) is 0 Å². The van der Waals surface area contributed by atoms with Crippen molar-refractivity contribution in [3.8, 4) is 0 Å². The number of pyridine rings is 1. The second kappa shape index (κ2) is 6.39. The first-order valence-corrected chi connectivity index (χ1v) is 8.29. The molecule has 1 saturated heterocycles. The van der Waals surface area contributed by atoms with E-state index in [1.807, 2.05) is 0 Å². The molecule has 0 aromatic carbocycles. The van der Waals surface area contributed by atoms with E-state index in [9.17, 15) is 0 Å². The Balaban J connectivity index is 1.84. The molecule has 3 heterocycles. The number of ether oxygens (including phenoxy) is 1. The van der Waals surface area contributed by atoms with Gasteiger partial charge in [-0.2, -0.15) is 0 Å². The van der Waals surface area contributed by atoms with Crippen LogP contribution in [0.3, 0.4) is 0 Å². The molecule has 1 aliphatic rings. The van der Waals surface area contributed by atoms with Crippen LogP contribution in [0.25, 0.3) is 11.0 Å². The summed E-state index contributed by atoms with van der Waals surface area (Å²) in [6.45, 7) is 7.15. The summed E-state index contributed by atoms with van der Waals surface area (Å²) in [5.74, 6) is 0.465. The highest BCUT2D eigenvalue weighted by molar-refractivity contribution is 5.80. The number of hydrogen-bond donors (Lipinski definition) is 0. The molecule has 0 atom stereocenters. The SMILES string of the molecule is CC(C)c1ccc2c(CN(C)C3CCOCC3)cn(C)c2n1. The van der Waals surface area contributed by atoms with Gasteiger partial charge in [-0.15, -0.1) is 0 Å². The third-order valence-corrected chi connectivity index (χ3v) is 4.75. The minimum Gasteiger partial charge on any atom is -0.381 e. The molecule has 0 unspecified atom stereocenters. The second-order valence-corrected chi connectivity index (χ2v) is 6.79. The molecule has 4 nitrogen and oxygen atoms in total. The quantitative estimate of drug-likeness (QED) is 0.868. The second-order valence-electron chi connectivity index (χ2n) is 6.79. The summed E-state index contributed by atoms with van der Waals surface area (Å²) in [5.41, 5.74) is 3.63. The van der Waals surface area contributed by atoms with E-state index in [4.69, 9.17) is 9.72 Å². The highest BCUT2D eigenvalue weighted by Gasteiger charge is 2.20. The third kappa shape index (κ3) is 3.03. The van der Waals surface area contributed by atoms with Crippen LogP contribution in [0.4, 0.5) is 0 Å². The summed E-state index contributed by atoms with van der Waals surface area (Å²) in [5, 5.41) is 1.28. The molecule has 0 amide bonds. The maximum absolute atomic E-state index is 5.47. The molecule has 3 rings (SSSR count). The zero-order valence-corrected chi connectivity index (χ0v) is 14.2. The van der Waals surface area contributed by atoms with Crippen molar-refractivity contribution in [2.24, 2.45) is 7.05 Å². The molecular formula is C18H27N3O. The van der Waals surface area contributed by atoms with Crippen molar-refractivity contribution in [3.05, 3.63) is 29.6 Å². The fourth-order valence-corrected chi connectivity index (χ4v) is 3.32. The Labute approximate surface area is 133 Å². The van der Waals surface area contributed by atoms with Gasteiger partial charge in [-0.1, -0.05) is 13.8 Å². The highest BCUT2D eigenvalue weighted by Crippen LogP contribution is 2.24. The summed E-state index contributed by atoms with van der Waals surface area (Å²) in [6.07, 6.45) is 4.51. The van der Waals surface area contributed by atoms with E-state index >= 15 is 0 Å². The molecule has 1 fully saturated rings. The number of aromatic nitrogens is 2. The predicted molar refractivity (Wildman–Crippen MR) is 90.1 cm³/mol. The molecule has 0 bridgehead atoms. The van der Waals surface area contributed by atoms with Crippen molar-refractivity contribution >= 4 is 11.0 Å². The maximum Gasteiger partial charge on any atom is 0.140 e. The zero-order valence-electron chi connectivity index (χ0n) is 14.2. The molecule has 0 N–H and O–H groups in total. The van der Waals surface area contributed by atoms with Crippen LogP contribution in [0.5, 0.6) is 0 Å². The first kappa shape index (κ1) is 15.5. The van der Waals surface area contributed by atoms with Crippen molar-refractivity contribution in [1.29, 1.82) is 0 Å². The van der Waals surface area contributed by atoms with Crippen LogP contribution < -0.4 is 0 Å². The average molecular weight is 301 g/mol. The summed E-state index contributed by atoms with van der Waals surface area (Å²) in [6, 6.07) is 5.04. The summed E-state index contributed by atoms with van der Waals surface area (Å²) in [7, 11) is 4.32. The van der Waals surface area contributed by atoms with E-state index in [0.717, 1.165) is 43.9 Å². The number of fused-ring (bicyclic) bond motifs is 1. The Morgan fingerprint density at radius 3 is 2.73 bits per heavy atom. The third-order valence-electron chi connectivity index (χ3n) is 4.75. The van der Waals surface area contributed by atoms with Crippen molar-refractivity contribution in [3.63, 3.8) is 0 Å². The molecule has 22 heavy (non-hydrogen) atoms. The first-order valence-electron chi connectivity index (χ1n) is 8.29. The zero-order chi connectivity index (χ0) is 15.7. The van der Waals surface area contributed by atoms with Gasteiger partial charge in [-0.3, -0.25) is 4.90 Å². The largest absolute Gasteiger partial charge is 0.381 e. The fraction of sp³-hybridized carbons (Fsp3) is 0.611. The van der Waals surface area contributed by atoms with Gasteiger partial charge in [0.1, 0.15) is 5.65 Å². The van der Waals surface area contributed by atoms with Crippen molar-refractivity contribution in [2.45, 2.75) is 45.2 Å². The molecule has 0 aliphatic carbocycles. The number of rotatable bonds is 4. The standard InChI is InChI=1S/C18H27N3O/c1-13(2)17-6-5-16-14(12-21(4)18(16)19-17)11-20(3)15-7-9-22-10-8-15/h5-6,12-13,15H,7-11H2,1-4H3. The van der Waals surface area contributed by atoms with E-state index in [1.165, 1.54) is 10.9 Å². The molecule has 2 aromatic rings. The minimum absolute atomic E-state index is 0.465. The molecule has 1 aliphatic heterocycles. The number of aryl methyl sites for hydroxylation is 1. The maximum atomic E-state index is 5.47. The van der Waals surface area contributed by atoms with Gasteiger partial charge >= 0.3 is 0 Å². The van der Waals surface area contributed by atoms with Gasteiger partial charge in [0, 0.05) is 50.1 Å². The minimum atomic E-state index is 0.465. The van der Waals surface area contributed by atoms with Crippen molar-refractivity contribution < 1.29 is 4.74 Å². The lowest BCUT2D eigenvalue weighted by Crippen LogP contribution is -2.36. The van der Waals surface area contributed by atoms with E-state index in [2.05, 4.69) is 55.7 Å². The summed E-state index contributed by atoms with van der Waals surface area (Å²) < 4.78 is 7.63. The van der Waals surface area contributed by atoms with Gasteiger partial charge < -0.3 is 9.30 Å². The van der Waals surface area contributed by atoms with Crippen LogP contribution in [-0.4, -0.2) is 40.8 Å². The number of hydrogen-bond acceptors (Lipinski definition) is 3. The van der Waals surface area contributed by atoms with E-state index in [-0.39, 0.29) is 0 Å². The smallest absolute Gasteiger partial charge is 0.140 e. The van der Waals surface area contributed by atoms with Crippen LogP contribution in [0.2, 0.25) is 0 Å². The van der Waals surface area contributed by atoms with Gasteiger partial charge in [0.15, 0.2) is 0 Å². The predicted octanol–water partition coefficient (Wildman–Crippen LogP) is 3.31. The summed E-state index contributed by atoms with van der Waals surface area (Å²) in [4.78, 5) is 7.31. The normalized spacial score (nSPS) is 17.0. The van der Waals surface area contributed by atoms with Crippen molar-refractivity contribution in [1.82, 2.24) is 14.5 Å². The van der Waals surface area contributed by atoms with Crippen LogP contribution in [0.1, 0.15) is 43.9 Å². The van der Waals surface area contributed by atoms with Gasteiger partial charge in [-0.05, 0) is 43.5 Å². The lowest BCUT2D eigenvalue weighted by atomic mass is 10.1. The van der Waals surface area contributed by atoms with E-state index < -0.39 is 0 Å². The van der Waals surface area contributed by atoms with E-state index in [0.29, 0.717) is 12.0 Å². The summed E-state index contributed by atoms with van der Waals surface area (Å²) >= 11 is 0. The van der Waals surface area contributed by atoms with Crippen LogP contribution in [0.15, 0.2) is 18.3 Å². The number of nitrogens with zero attached hydrogens (tertiary/aromatic N) is 3. The average Bonchev–Trinajstić information content (AvgIpc) is 2.84. The highest BCUT2D eigenvalue weighted by atomic mass is 16.5. The van der Waals surface area contributed by atoms with Gasteiger partial charge in [-0.25, -0.2) is 4.98 Å². The Morgan fingerprint density at radius 1 is 1.32 bits per heavy atom. The van der Waals surface area contributed by atoms with Crippen LogP contribution in [-0.2, 0) is 18.3 Å². The fourth-order valence-electron chi connectivity index (χ4n) is 3.32. The Morgan fingerprint density at radius 2 is 2.05 bits per heavy atom. The van der Waals surface area contributed by atoms with Gasteiger partial charge in [0.25, 0.3) is 0 Å². The van der Waals surface area contributed by atoms with Gasteiger partial charge in [0.05, 0.1) is 0 Å². The molecule has 4 heteroatoms. The Hall–Kier alpha value is -1.39. The topological polar surface area (TPSA) is 30.3 Å². The molecular weight excluding hydrogens is 274 g/mol. The molecule has 0 saturated carbocycles.